The monoisotopic (exact) mass is 411 g/mol. The molecule has 29 heavy (non-hydrogen) atoms. The first-order valence-corrected chi connectivity index (χ1v) is 9.57. The van der Waals surface area contributed by atoms with Crippen LogP contribution in [0.25, 0.3) is 11.1 Å². The van der Waals surface area contributed by atoms with E-state index in [1.165, 1.54) is 61.7 Å². The van der Waals surface area contributed by atoms with Gasteiger partial charge in [0.1, 0.15) is 5.75 Å². The van der Waals surface area contributed by atoms with Crippen molar-refractivity contribution in [1.82, 2.24) is 0 Å². The number of nitro benzene ring substituents is 1. The predicted octanol–water partition coefficient (Wildman–Crippen LogP) is 6.90. The summed E-state index contributed by atoms with van der Waals surface area (Å²) < 4.78 is 46.3. The van der Waals surface area contributed by atoms with Gasteiger partial charge in [0.15, 0.2) is 5.75 Å². The van der Waals surface area contributed by atoms with Crippen LogP contribution in [0.1, 0.15) is 45.4 Å². The zero-order chi connectivity index (χ0) is 21.3. The summed E-state index contributed by atoms with van der Waals surface area (Å²) in [5.41, 5.74) is 1.06. The van der Waals surface area contributed by atoms with E-state index in [4.69, 9.17) is 4.74 Å². The van der Waals surface area contributed by atoms with Gasteiger partial charge in [-0.15, -0.1) is 13.2 Å². The number of ether oxygens (including phenoxy) is 2. The van der Waals surface area contributed by atoms with Crippen LogP contribution in [0.3, 0.4) is 0 Å². The van der Waals surface area contributed by atoms with E-state index < -0.39 is 11.3 Å². The van der Waals surface area contributed by atoms with Crippen molar-refractivity contribution >= 4 is 5.69 Å². The highest BCUT2D eigenvalue weighted by Crippen LogP contribution is 2.33. The van der Waals surface area contributed by atoms with Gasteiger partial charge in [0, 0.05) is 6.07 Å². The van der Waals surface area contributed by atoms with E-state index in [0.717, 1.165) is 19.3 Å². The third-order valence-electron chi connectivity index (χ3n) is 4.33. The lowest BCUT2D eigenvalue weighted by Crippen LogP contribution is -2.16. The Labute approximate surface area is 167 Å². The highest BCUT2D eigenvalue weighted by atomic mass is 19.4. The number of hydrogen-bond donors (Lipinski definition) is 0. The van der Waals surface area contributed by atoms with E-state index in [1.807, 2.05) is 0 Å². The molecule has 0 aromatic heterocycles. The van der Waals surface area contributed by atoms with E-state index in [1.54, 1.807) is 0 Å². The zero-order valence-corrected chi connectivity index (χ0v) is 16.2. The number of halogens is 3. The molecule has 2 aromatic carbocycles. The van der Waals surface area contributed by atoms with Crippen molar-refractivity contribution < 1.29 is 27.6 Å². The van der Waals surface area contributed by atoms with Crippen LogP contribution in [0.15, 0.2) is 42.5 Å². The van der Waals surface area contributed by atoms with E-state index in [2.05, 4.69) is 11.7 Å². The van der Waals surface area contributed by atoms with Crippen LogP contribution in [0.2, 0.25) is 0 Å². The Bertz CT molecular complexity index is 792. The number of rotatable bonds is 11. The molecule has 158 valence electrons. The summed E-state index contributed by atoms with van der Waals surface area (Å²) in [6.45, 7) is 2.51. The van der Waals surface area contributed by atoms with Gasteiger partial charge in [0.05, 0.1) is 11.5 Å². The average molecular weight is 411 g/mol. The van der Waals surface area contributed by atoms with Crippen LogP contribution in [-0.4, -0.2) is 17.9 Å². The standard InChI is InChI=1S/C21H24F3NO4/c1-2-3-4-5-6-7-14-28-20-15-17(10-13-19(20)25(26)27)16-8-11-18(12-9-16)29-21(22,23)24/h8-13,15H,2-7,14H2,1H3. The number of alkyl halides is 3. The summed E-state index contributed by atoms with van der Waals surface area (Å²) in [6, 6.07) is 9.72. The molecular weight excluding hydrogens is 387 g/mol. The molecule has 2 aromatic rings. The Morgan fingerprint density at radius 3 is 2.17 bits per heavy atom. The molecule has 0 radical (unpaired) electrons. The number of nitrogens with zero attached hydrogens (tertiary/aromatic N) is 1. The molecule has 0 heterocycles. The van der Waals surface area contributed by atoms with Gasteiger partial charge in [-0.25, -0.2) is 0 Å². The molecule has 0 aliphatic carbocycles. The van der Waals surface area contributed by atoms with Crippen molar-refractivity contribution in [3.63, 3.8) is 0 Å². The maximum Gasteiger partial charge on any atom is 0.573 e. The van der Waals surface area contributed by atoms with Gasteiger partial charge in [0.2, 0.25) is 0 Å². The summed E-state index contributed by atoms with van der Waals surface area (Å²) >= 11 is 0. The van der Waals surface area contributed by atoms with Gasteiger partial charge in [-0.05, 0) is 41.8 Å². The van der Waals surface area contributed by atoms with Crippen LogP contribution < -0.4 is 9.47 Å². The highest BCUT2D eigenvalue weighted by Gasteiger charge is 2.31. The van der Waals surface area contributed by atoms with Crippen LogP contribution in [-0.2, 0) is 0 Å². The second kappa shape index (κ2) is 10.7. The Kier molecular flexibility index (Phi) is 8.30. The molecule has 0 spiro atoms. The van der Waals surface area contributed by atoms with Crippen molar-refractivity contribution in [2.75, 3.05) is 6.61 Å². The van der Waals surface area contributed by atoms with E-state index >= 15 is 0 Å². The summed E-state index contributed by atoms with van der Waals surface area (Å²) in [6.07, 6.45) is 1.67. The fourth-order valence-corrected chi connectivity index (χ4v) is 2.87. The molecule has 0 saturated heterocycles. The van der Waals surface area contributed by atoms with Gasteiger partial charge >= 0.3 is 12.0 Å². The SMILES string of the molecule is CCCCCCCCOc1cc(-c2ccc(OC(F)(F)F)cc2)ccc1[N+](=O)[O-]. The molecule has 0 amide bonds. The van der Waals surface area contributed by atoms with Crippen LogP contribution in [0.4, 0.5) is 18.9 Å². The van der Waals surface area contributed by atoms with E-state index in [-0.39, 0.29) is 17.2 Å². The summed E-state index contributed by atoms with van der Waals surface area (Å²) in [5.74, 6) is -0.181. The number of unbranched alkanes of at least 4 members (excludes halogenated alkanes) is 5. The molecule has 0 aliphatic heterocycles. The first kappa shape index (κ1) is 22.5. The van der Waals surface area contributed by atoms with Crippen LogP contribution >= 0.6 is 0 Å². The number of nitro groups is 1. The molecule has 0 atom stereocenters. The minimum absolute atomic E-state index is 0.142. The maximum absolute atomic E-state index is 12.3. The summed E-state index contributed by atoms with van der Waals surface area (Å²) in [4.78, 5) is 10.7. The van der Waals surface area contributed by atoms with E-state index in [0.29, 0.717) is 17.7 Å². The van der Waals surface area contributed by atoms with Gasteiger partial charge in [-0.3, -0.25) is 10.1 Å². The van der Waals surface area contributed by atoms with Crippen LogP contribution in [0.5, 0.6) is 11.5 Å². The van der Waals surface area contributed by atoms with Gasteiger partial charge < -0.3 is 9.47 Å². The zero-order valence-electron chi connectivity index (χ0n) is 16.2. The Morgan fingerprint density at radius 1 is 0.931 bits per heavy atom. The van der Waals surface area contributed by atoms with E-state index in [9.17, 15) is 23.3 Å². The molecule has 2 rings (SSSR count). The van der Waals surface area contributed by atoms with Gasteiger partial charge in [-0.1, -0.05) is 51.2 Å². The first-order valence-electron chi connectivity index (χ1n) is 9.57. The Hall–Kier alpha value is -2.77. The van der Waals surface area contributed by atoms with Crippen molar-refractivity contribution in [2.45, 2.75) is 51.8 Å². The minimum Gasteiger partial charge on any atom is -0.487 e. The number of benzene rings is 2. The topological polar surface area (TPSA) is 61.6 Å². The normalized spacial score (nSPS) is 11.3. The Balaban J connectivity index is 2.06. The molecule has 5 nitrogen and oxygen atoms in total. The fraction of sp³-hybridized carbons (Fsp3) is 0.429. The van der Waals surface area contributed by atoms with Crippen molar-refractivity contribution in [1.29, 1.82) is 0 Å². The second-order valence-corrected chi connectivity index (χ2v) is 6.63. The van der Waals surface area contributed by atoms with Crippen molar-refractivity contribution in [3.05, 3.63) is 52.6 Å². The summed E-state index contributed by atoms with van der Waals surface area (Å²) in [5, 5.41) is 11.3. The molecule has 0 N–H and O–H groups in total. The molecule has 0 fully saturated rings. The number of hydrogen-bond acceptors (Lipinski definition) is 4. The average Bonchev–Trinajstić information content (AvgIpc) is 2.66. The highest BCUT2D eigenvalue weighted by molar-refractivity contribution is 5.69. The first-order chi connectivity index (χ1) is 13.8. The largest absolute Gasteiger partial charge is 0.573 e. The molecule has 0 aliphatic rings. The van der Waals surface area contributed by atoms with Crippen molar-refractivity contribution in [2.24, 2.45) is 0 Å². The lowest BCUT2D eigenvalue weighted by molar-refractivity contribution is -0.385. The third-order valence-corrected chi connectivity index (χ3v) is 4.33. The van der Waals surface area contributed by atoms with Crippen LogP contribution in [0, 0.1) is 10.1 Å². The quantitative estimate of drug-likeness (QED) is 0.229. The third kappa shape index (κ3) is 7.63. The molecule has 0 bridgehead atoms. The molecule has 0 saturated carbocycles. The molecule has 0 unspecified atom stereocenters. The van der Waals surface area contributed by atoms with Gasteiger partial charge in [-0.2, -0.15) is 0 Å². The summed E-state index contributed by atoms with van der Waals surface area (Å²) in [7, 11) is 0. The molecule has 8 heteroatoms. The lowest BCUT2D eigenvalue weighted by atomic mass is 10.0. The van der Waals surface area contributed by atoms with Gasteiger partial charge in [0.25, 0.3) is 0 Å². The fourth-order valence-electron chi connectivity index (χ4n) is 2.87. The second-order valence-electron chi connectivity index (χ2n) is 6.63. The maximum atomic E-state index is 12.3. The Morgan fingerprint density at radius 2 is 1.55 bits per heavy atom. The van der Waals surface area contributed by atoms with Crippen molar-refractivity contribution in [3.8, 4) is 22.6 Å². The molecular formula is C21H24F3NO4. The predicted molar refractivity (Wildman–Crippen MR) is 104 cm³/mol. The minimum atomic E-state index is -4.76. The lowest BCUT2D eigenvalue weighted by Gasteiger charge is -2.11. The smallest absolute Gasteiger partial charge is 0.487 e.